The van der Waals surface area contributed by atoms with Crippen molar-refractivity contribution in [2.45, 2.75) is 18.0 Å². The molecule has 0 aliphatic rings. The fraction of sp³-hybridized carbons (Fsp3) is 0.118. The van der Waals surface area contributed by atoms with Gasteiger partial charge in [-0.1, -0.05) is 53.7 Å². The molecule has 2 aromatic carbocycles. The fourth-order valence-corrected chi connectivity index (χ4v) is 3.73. The zero-order valence-electron chi connectivity index (χ0n) is 13.4. The summed E-state index contributed by atoms with van der Waals surface area (Å²) in [5, 5.41) is 8.78. The van der Waals surface area contributed by atoms with Gasteiger partial charge in [-0.25, -0.2) is 13.6 Å². The quantitative estimate of drug-likeness (QED) is 0.742. The molecule has 0 aliphatic heterocycles. The summed E-state index contributed by atoms with van der Waals surface area (Å²) in [6, 6.07) is 12.5. The Morgan fingerprint density at radius 1 is 1.00 bits per heavy atom. The van der Waals surface area contributed by atoms with Gasteiger partial charge in [-0.05, 0) is 12.5 Å². The van der Waals surface area contributed by atoms with Crippen LogP contribution in [-0.2, 0) is 16.2 Å². The van der Waals surface area contributed by atoms with Gasteiger partial charge in [0.25, 0.3) is 0 Å². The van der Waals surface area contributed by atoms with Gasteiger partial charge in [0.15, 0.2) is 0 Å². The first kappa shape index (κ1) is 18.2. The monoisotopic (exact) mass is 382 g/mol. The average molecular weight is 382 g/mol. The highest BCUT2D eigenvalue weighted by Gasteiger charge is 2.40. The molecule has 0 amide bonds. The second-order valence-electron chi connectivity index (χ2n) is 5.55. The van der Waals surface area contributed by atoms with Crippen LogP contribution in [0.15, 0.2) is 57.9 Å². The van der Waals surface area contributed by atoms with Crippen LogP contribution in [-0.4, -0.2) is 13.6 Å². The number of sulfonamides is 1. The summed E-state index contributed by atoms with van der Waals surface area (Å²) in [5.74, 6) is -0.460. The van der Waals surface area contributed by atoms with E-state index in [9.17, 15) is 21.6 Å². The second-order valence-corrected chi connectivity index (χ2v) is 7.05. The van der Waals surface area contributed by atoms with Gasteiger partial charge in [-0.3, -0.25) is 0 Å². The molecule has 5 nitrogen and oxygen atoms in total. The molecule has 0 unspecified atom stereocenters. The Balaban J connectivity index is 2.39. The van der Waals surface area contributed by atoms with Crippen molar-refractivity contribution in [3.8, 4) is 22.4 Å². The smallest absolute Gasteiger partial charge is 0.360 e. The van der Waals surface area contributed by atoms with Crippen LogP contribution >= 0.6 is 0 Å². The van der Waals surface area contributed by atoms with Crippen LogP contribution in [0.4, 0.5) is 13.2 Å². The van der Waals surface area contributed by atoms with Gasteiger partial charge in [-0.15, -0.1) is 0 Å². The van der Waals surface area contributed by atoms with Crippen LogP contribution in [0.5, 0.6) is 0 Å². The molecule has 3 rings (SSSR count). The standard InChI is InChI=1S/C17H13F3N2O3S/c1-10-14(17(18,19)20)15(22-25-10)13-9-5-8-12(16(13)26(21,23)24)11-6-3-2-4-7-11/h2-9H,1H3,(H2,21,23,24). The van der Waals surface area contributed by atoms with Crippen molar-refractivity contribution in [3.05, 3.63) is 59.9 Å². The van der Waals surface area contributed by atoms with Crippen molar-refractivity contribution < 1.29 is 26.1 Å². The Hall–Kier alpha value is -2.65. The summed E-state index contributed by atoms with van der Waals surface area (Å²) in [7, 11) is -4.36. The molecule has 0 bridgehead atoms. The molecule has 0 saturated carbocycles. The van der Waals surface area contributed by atoms with Crippen LogP contribution in [0, 0.1) is 6.92 Å². The summed E-state index contributed by atoms with van der Waals surface area (Å²) in [4.78, 5) is -0.440. The number of nitrogens with zero attached hydrogens (tertiary/aromatic N) is 1. The highest BCUT2D eigenvalue weighted by atomic mass is 32.2. The van der Waals surface area contributed by atoms with Gasteiger partial charge in [-0.2, -0.15) is 13.2 Å². The molecule has 0 aliphatic carbocycles. The van der Waals surface area contributed by atoms with E-state index in [0.717, 1.165) is 6.92 Å². The number of alkyl halides is 3. The molecule has 2 N–H and O–H groups in total. The van der Waals surface area contributed by atoms with E-state index in [1.54, 1.807) is 30.3 Å². The predicted octanol–water partition coefficient (Wildman–Crippen LogP) is 3.98. The van der Waals surface area contributed by atoms with Crippen molar-refractivity contribution in [3.63, 3.8) is 0 Å². The van der Waals surface area contributed by atoms with Gasteiger partial charge in [0, 0.05) is 11.1 Å². The van der Waals surface area contributed by atoms with E-state index >= 15 is 0 Å². The summed E-state index contributed by atoms with van der Waals surface area (Å²) in [5.41, 5.74) is -1.34. The minimum Gasteiger partial charge on any atom is -0.360 e. The third-order valence-electron chi connectivity index (χ3n) is 3.79. The fourth-order valence-electron chi connectivity index (χ4n) is 2.76. The highest BCUT2D eigenvalue weighted by molar-refractivity contribution is 7.89. The number of rotatable bonds is 3. The van der Waals surface area contributed by atoms with Crippen molar-refractivity contribution in [2.24, 2.45) is 5.14 Å². The molecular weight excluding hydrogens is 369 g/mol. The Morgan fingerprint density at radius 2 is 1.62 bits per heavy atom. The van der Waals surface area contributed by atoms with Gasteiger partial charge in [0.1, 0.15) is 17.0 Å². The van der Waals surface area contributed by atoms with E-state index in [1.807, 2.05) is 0 Å². The third-order valence-corrected chi connectivity index (χ3v) is 4.79. The van der Waals surface area contributed by atoms with E-state index in [0.29, 0.717) is 5.56 Å². The van der Waals surface area contributed by atoms with Crippen LogP contribution in [0.2, 0.25) is 0 Å². The SMILES string of the molecule is Cc1onc(-c2cccc(-c3ccccc3)c2S(N)(=O)=O)c1C(F)(F)F. The zero-order valence-corrected chi connectivity index (χ0v) is 14.2. The lowest BCUT2D eigenvalue weighted by atomic mass is 9.99. The van der Waals surface area contributed by atoms with Crippen molar-refractivity contribution in [1.29, 1.82) is 0 Å². The Morgan fingerprint density at radius 3 is 2.19 bits per heavy atom. The van der Waals surface area contributed by atoms with Gasteiger partial charge in [0.05, 0.1) is 4.90 Å². The molecule has 0 spiro atoms. The van der Waals surface area contributed by atoms with Crippen LogP contribution in [0.1, 0.15) is 11.3 Å². The van der Waals surface area contributed by atoms with Crippen molar-refractivity contribution in [1.82, 2.24) is 5.16 Å². The number of primary sulfonamides is 1. The second kappa shape index (κ2) is 6.26. The van der Waals surface area contributed by atoms with Crippen LogP contribution in [0.25, 0.3) is 22.4 Å². The molecule has 9 heteroatoms. The van der Waals surface area contributed by atoms with Crippen LogP contribution < -0.4 is 5.14 Å². The maximum atomic E-state index is 13.4. The number of hydrogen-bond donors (Lipinski definition) is 1. The Labute approximate surface area is 147 Å². The molecule has 26 heavy (non-hydrogen) atoms. The lowest BCUT2D eigenvalue weighted by Crippen LogP contribution is -2.16. The first-order valence-electron chi connectivity index (χ1n) is 7.36. The minimum atomic E-state index is -4.77. The molecule has 0 fully saturated rings. The first-order chi connectivity index (χ1) is 12.1. The number of hydrogen-bond acceptors (Lipinski definition) is 4. The minimum absolute atomic E-state index is 0.180. The number of nitrogens with two attached hydrogens (primary N) is 1. The number of aryl methyl sites for hydroxylation is 1. The van der Waals surface area contributed by atoms with Gasteiger partial charge >= 0.3 is 6.18 Å². The Bertz CT molecular complexity index is 1060. The highest BCUT2D eigenvalue weighted by Crippen LogP contribution is 2.42. The summed E-state index contributed by atoms with van der Waals surface area (Å²) in [6.07, 6.45) is -4.77. The topological polar surface area (TPSA) is 86.2 Å². The number of halogens is 3. The molecular formula is C17H13F3N2O3S. The lowest BCUT2D eigenvalue weighted by molar-refractivity contribution is -0.138. The van der Waals surface area contributed by atoms with Gasteiger partial charge < -0.3 is 4.52 Å². The normalized spacial score (nSPS) is 12.3. The van der Waals surface area contributed by atoms with Crippen LogP contribution in [0.3, 0.4) is 0 Å². The molecule has 0 radical (unpaired) electrons. The van der Waals surface area contributed by atoms with E-state index in [4.69, 9.17) is 5.14 Å². The largest absolute Gasteiger partial charge is 0.421 e. The maximum Gasteiger partial charge on any atom is 0.421 e. The van der Waals surface area contributed by atoms with E-state index < -0.39 is 38.1 Å². The predicted molar refractivity (Wildman–Crippen MR) is 88.5 cm³/mol. The summed E-state index contributed by atoms with van der Waals surface area (Å²) >= 11 is 0. The lowest BCUT2D eigenvalue weighted by Gasteiger charge is -2.14. The molecule has 3 aromatic rings. The molecule has 0 saturated heterocycles. The Kier molecular flexibility index (Phi) is 4.37. The third kappa shape index (κ3) is 3.23. The number of benzene rings is 2. The molecule has 136 valence electrons. The van der Waals surface area contributed by atoms with Crippen molar-refractivity contribution >= 4 is 10.0 Å². The number of aromatic nitrogens is 1. The summed E-state index contributed by atoms with van der Waals surface area (Å²) < 4.78 is 69.3. The van der Waals surface area contributed by atoms with Gasteiger partial charge in [0.2, 0.25) is 10.0 Å². The first-order valence-corrected chi connectivity index (χ1v) is 8.90. The van der Waals surface area contributed by atoms with E-state index in [-0.39, 0.29) is 11.1 Å². The molecule has 1 heterocycles. The molecule has 0 atom stereocenters. The maximum absolute atomic E-state index is 13.4. The van der Waals surface area contributed by atoms with Crippen molar-refractivity contribution in [2.75, 3.05) is 0 Å². The average Bonchev–Trinajstić information content (AvgIpc) is 2.96. The zero-order chi connectivity index (χ0) is 19.1. The summed E-state index contributed by atoms with van der Waals surface area (Å²) in [6.45, 7) is 1.11. The van der Waals surface area contributed by atoms with E-state index in [1.165, 1.54) is 18.2 Å². The van der Waals surface area contributed by atoms with E-state index in [2.05, 4.69) is 9.68 Å². The molecule has 1 aromatic heterocycles.